The lowest BCUT2D eigenvalue weighted by Gasteiger charge is -2.28. The number of hydrogen-bond acceptors (Lipinski definition) is 4. The van der Waals surface area contributed by atoms with E-state index in [0.717, 1.165) is 0 Å². The summed E-state index contributed by atoms with van der Waals surface area (Å²) in [5.74, 6) is -0.880. The van der Waals surface area contributed by atoms with Gasteiger partial charge in [0.25, 0.3) is 0 Å². The van der Waals surface area contributed by atoms with Gasteiger partial charge in [-0.15, -0.1) is 0 Å². The van der Waals surface area contributed by atoms with Gasteiger partial charge in [-0.2, -0.15) is 0 Å². The SMILES string of the molecule is CC(C)(CCOC(C)(C)CC(=O)O)OCCN=[N+]=[N-]. The van der Waals surface area contributed by atoms with Gasteiger partial charge in [-0.1, -0.05) is 5.11 Å². The molecule has 0 radical (unpaired) electrons. The quantitative estimate of drug-likeness (QED) is 0.286. The highest BCUT2D eigenvalue weighted by molar-refractivity contribution is 5.67. The number of aliphatic carboxylic acids is 1. The highest BCUT2D eigenvalue weighted by Gasteiger charge is 2.24. The maximum absolute atomic E-state index is 10.6. The van der Waals surface area contributed by atoms with E-state index in [1.807, 2.05) is 13.8 Å². The predicted molar refractivity (Wildman–Crippen MR) is 70.9 cm³/mol. The van der Waals surface area contributed by atoms with Crippen molar-refractivity contribution in [3.05, 3.63) is 10.4 Å². The molecule has 0 aliphatic rings. The van der Waals surface area contributed by atoms with Crippen molar-refractivity contribution in [1.29, 1.82) is 0 Å². The molecule has 1 N–H and O–H groups in total. The van der Waals surface area contributed by atoms with Crippen molar-refractivity contribution in [2.75, 3.05) is 19.8 Å². The molecule has 0 aromatic heterocycles. The summed E-state index contributed by atoms with van der Waals surface area (Å²) in [6.45, 7) is 8.39. The van der Waals surface area contributed by atoms with Crippen LogP contribution in [0, 0.1) is 0 Å². The van der Waals surface area contributed by atoms with Gasteiger partial charge in [0, 0.05) is 11.5 Å². The Morgan fingerprint density at radius 3 is 2.32 bits per heavy atom. The maximum atomic E-state index is 10.6. The first kappa shape index (κ1) is 17.7. The molecule has 0 unspecified atom stereocenters. The molecular formula is C12H23N3O4. The van der Waals surface area contributed by atoms with Crippen LogP contribution < -0.4 is 0 Å². The van der Waals surface area contributed by atoms with Crippen molar-refractivity contribution < 1.29 is 19.4 Å². The van der Waals surface area contributed by atoms with Crippen molar-refractivity contribution >= 4 is 5.97 Å². The lowest BCUT2D eigenvalue weighted by atomic mass is 10.0. The van der Waals surface area contributed by atoms with E-state index >= 15 is 0 Å². The summed E-state index contributed by atoms with van der Waals surface area (Å²) in [6.07, 6.45) is 0.595. The Morgan fingerprint density at radius 2 is 1.79 bits per heavy atom. The van der Waals surface area contributed by atoms with Gasteiger partial charge >= 0.3 is 5.97 Å². The number of carbonyl (C=O) groups is 1. The summed E-state index contributed by atoms with van der Waals surface area (Å²) in [5, 5.41) is 12.1. The molecule has 7 nitrogen and oxygen atoms in total. The molecule has 19 heavy (non-hydrogen) atoms. The minimum atomic E-state index is -0.880. The molecule has 0 atom stereocenters. The minimum Gasteiger partial charge on any atom is -0.481 e. The zero-order valence-electron chi connectivity index (χ0n) is 12.0. The molecule has 0 aliphatic heterocycles. The second kappa shape index (κ2) is 7.99. The second-order valence-electron chi connectivity index (χ2n) is 5.49. The van der Waals surface area contributed by atoms with E-state index in [0.29, 0.717) is 26.2 Å². The Kier molecular flexibility index (Phi) is 7.44. The molecule has 0 bridgehead atoms. The lowest BCUT2D eigenvalue weighted by molar-refractivity contribution is -0.144. The summed E-state index contributed by atoms with van der Waals surface area (Å²) in [5.41, 5.74) is 7.05. The monoisotopic (exact) mass is 273 g/mol. The van der Waals surface area contributed by atoms with Crippen LogP contribution in [0.3, 0.4) is 0 Å². The number of carboxylic acid groups (broad SMARTS) is 1. The molecule has 0 saturated carbocycles. The van der Waals surface area contributed by atoms with Crippen LogP contribution in [0.15, 0.2) is 5.11 Å². The van der Waals surface area contributed by atoms with E-state index in [9.17, 15) is 4.79 Å². The van der Waals surface area contributed by atoms with E-state index in [1.54, 1.807) is 13.8 Å². The highest BCUT2D eigenvalue weighted by Crippen LogP contribution is 2.19. The number of ether oxygens (including phenoxy) is 2. The summed E-state index contributed by atoms with van der Waals surface area (Å²) in [6, 6.07) is 0. The Hall–Kier alpha value is -1.30. The van der Waals surface area contributed by atoms with Crippen molar-refractivity contribution in [2.45, 2.75) is 51.7 Å². The molecule has 0 fully saturated rings. The fourth-order valence-corrected chi connectivity index (χ4v) is 1.47. The van der Waals surface area contributed by atoms with Gasteiger partial charge < -0.3 is 14.6 Å². The Bertz CT molecular complexity index is 336. The Balaban J connectivity index is 3.96. The van der Waals surface area contributed by atoms with Gasteiger partial charge in [0.1, 0.15) is 0 Å². The van der Waals surface area contributed by atoms with E-state index < -0.39 is 17.2 Å². The molecule has 0 amide bonds. The van der Waals surface area contributed by atoms with Crippen LogP contribution in [0.1, 0.15) is 40.5 Å². The Labute approximate surface area is 113 Å². The smallest absolute Gasteiger partial charge is 0.306 e. The zero-order valence-corrected chi connectivity index (χ0v) is 12.0. The van der Waals surface area contributed by atoms with Crippen LogP contribution in [0.25, 0.3) is 10.4 Å². The third kappa shape index (κ3) is 10.3. The van der Waals surface area contributed by atoms with Crippen LogP contribution >= 0.6 is 0 Å². The fourth-order valence-electron chi connectivity index (χ4n) is 1.47. The number of azide groups is 1. The molecule has 0 saturated heterocycles. The fraction of sp³-hybridized carbons (Fsp3) is 0.917. The molecule has 0 spiro atoms. The van der Waals surface area contributed by atoms with E-state index in [1.165, 1.54) is 0 Å². The first-order valence-corrected chi connectivity index (χ1v) is 6.19. The zero-order chi connectivity index (χ0) is 14.9. The van der Waals surface area contributed by atoms with Crippen LogP contribution in [0.4, 0.5) is 0 Å². The average Bonchev–Trinajstić information content (AvgIpc) is 2.21. The van der Waals surface area contributed by atoms with Gasteiger partial charge in [0.2, 0.25) is 0 Å². The number of rotatable bonds is 10. The van der Waals surface area contributed by atoms with Crippen molar-refractivity contribution in [2.24, 2.45) is 5.11 Å². The molecule has 0 aliphatic carbocycles. The molecule has 0 aromatic carbocycles. The number of carboxylic acids is 1. The van der Waals surface area contributed by atoms with Crippen molar-refractivity contribution in [1.82, 2.24) is 0 Å². The first-order chi connectivity index (χ1) is 8.68. The highest BCUT2D eigenvalue weighted by atomic mass is 16.5. The first-order valence-electron chi connectivity index (χ1n) is 6.19. The van der Waals surface area contributed by atoms with Gasteiger partial charge in [-0.3, -0.25) is 4.79 Å². The molecule has 0 aromatic rings. The van der Waals surface area contributed by atoms with E-state index in [4.69, 9.17) is 20.1 Å². The summed E-state index contributed by atoms with van der Waals surface area (Å²) < 4.78 is 11.1. The second-order valence-corrected chi connectivity index (χ2v) is 5.49. The van der Waals surface area contributed by atoms with Gasteiger partial charge in [-0.05, 0) is 39.6 Å². The Morgan fingerprint density at radius 1 is 1.21 bits per heavy atom. The summed E-state index contributed by atoms with van der Waals surface area (Å²) in [4.78, 5) is 13.3. The van der Waals surface area contributed by atoms with Crippen LogP contribution in [0.5, 0.6) is 0 Å². The number of hydrogen-bond donors (Lipinski definition) is 1. The third-order valence-electron chi connectivity index (χ3n) is 2.52. The lowest BCUT2D eigenvalue weighted by Crippen LogP contribution is -2.32. The average molecular weight is 273 g/mol. The van der Waals surface area contributed by atoms with Gasteiger partial charge in [-0.25, -0.2) is 0 Å². The van der Waals surface area contributed by atoms with E-state index in [2.05, 4.69) is 10.0 Å². The molecule has 110 valence electrons. The maximum Gasteiger partial charge on any atom is 0.306 e. The minimum absolute atomic E-state index is 0.0365. The molecular weight excluding hydrogens is 250 g/mol. The molecule has 0 heterocycles. The van der Waals surface area contributed by atoms with Crippen LogP contribution in [-0.4, -0.2) is 42.0 Å². The van der Waals surface area contributed by atoms with E-state index in [-0.39, 0.29) is 6.42 Å². The largest absolute Gasteiger partial charge is 0.481 e. The topological polar surface area (TPSA) is 105 Å². The van der Waals surface area contributed by atoms with Crippen LogP contribution in [0.2, 0.25) is 0 Å². The third-order valence-corrected chi connectivity index (χ3v) is 2.52. The summed E-state index contributed by atoms with van der Waals surface area (Å²) >= 11 is 0. The van der Waals surface area contributed by atoms with Crippen molar-refractivity contribution in [3.8, 4) is 0 Å². The molecule has 0 rings (SSSR count). The normalized spacial score (nSPS) is 12.0. The van der Waals surface area contributed by atoms with Crippen molar-refractivity contribution in [3.63, 3.8) is 0 Å². The van der Waals surface area contributed by atoms with Gasteiger partial charge in [0.15, 0.2) is 0 Å². The molecule has 7 heteroatoms. The summed E-state index contributed by atoms with van der Waals surface area (Å²) in [7, 11) is 0. The standard InChI is InChI=1S/C12H23N3O4/c1-11(2,19-8-6-14-15-13)5-7-18-12(3,4)9-10(16)17/h5-9H2,1-4H3,(H,16,17). The number of nitrogens with zero attached hydrogens (tertiary/aromatic N) is 3. The van der Waals surface area contributed by atoms with Gasteiger partial charge in [0.05, 0.1) is 30.8 Å². The predicted octanol–water partition coefficient (Wildman–Crippen LogP) is 2.75. The van der Waals surface area contributed by atoms with Crippen LogP contribution in [-0.2, 0) is 14.3 Å².